The zero-order chi connectivity index (χ0) is 18.1. The van der Waals surface area contributed by atoms with E-state index in [4.69, 9.17) is 10.2 Å². The van der Waals surface area contributed by atoms with Crippen LogP contribution < -0.4 is 5.32 Å². The van der Waals surface area contributed by atoms with Crippen LogP contribution in [-0.4, -0.2) is 51.4 Å². The Labute approximate surface area is 143 Å². The molecule has 0 aromatic heterocycles. The van der Waals surface area contributed by atoms with Gasteiger partial charge in [0.15, 0.2) is 5.78 Å². The van der Waals surface area contributed by atoms with E-state index in [1.165, 1.54) is 6.92 Å². The lowest BCUT2D eigenvalue weighted by molar-refractivity contribution is -0.138. The first-order valence-electron chi connectivity index (χ1n) is 7.23. The third kappa shape index (κ3) is 7.77. The van der Waals surface area contributed by atoms with Crippen LogP contribution in [0, 0.1) is 5.92 Å². The van der Waals surface area contributed by atoms with Crippen molar-refractivity contribution < 1.29 is 29.4 Å². The molecule has 1 aliphatic rings. The van der Waals surface area contributed by atoms with Gasteiger partial charge in [-0.25, -0.2) is 0 Å². The molecular weight excluding hydrogens is 334 g/mol. The minimum atomic E-state index is -1.07. The molecule has 1 aliphatic heterocycles. The van der Waals surface area contributed by atoms with Crippen LogP contribution in [0.4, 0.5) is 0 Å². The SMILES string of the molecule is CC(SCC(CC(=O)O)C(=O)c1ccccc1)C(=O)O.O=C1CN1. The van der Waals surface area contributed by atoms with Crippen LogP contribution in [0.15, 0.2) is 30.3 Å². The molecule has 8 heteroatoms. The summed E-state index contributed by atoms with van der Waals surface area (Å²) >= 11 is 1.07. The van der Waals surface area contributed by atoms with Gasteiger partial charge in [0.2, 0.25) is 5.91 Å². The molecule has 1 aromatic rings. The molecule has 0 radical (unpaired) electrons. The minimum absolute atomic E-state index is 0.167. The summed E-state index contributed by atoms with van der Waals surface area (Å²) in [6, 6.07) is 8.44. The largest absolute Gasteiger partial charge is 0.481 e. The van der Waals surface area contributed by atoms with Crippen molar-refractivity contribution in [1.29, 1.82) is 0 Å². The number of nitrogens with one attached hydrogen (secondary N) is 1. The lowest BCUT2D eigenvalue weighted by Gasteiger charge is -2.15. The Bertz CT molecular complexity index is 598. The number of carbonyl (C=O) groups excluding carboxylic acids is 2. The Balaban J connectivity index is 0.000000624. The Morgan fingerprint density at radius 3 is 2.17 bits per heavy atom. The predicted molar refractivity (Wildman–Crippen MR) is 89.1 cm³/mol. The summed E-state index contributed by atoms with van der Waals surface area (Å²) in [4.78, 5) is 43.3. The van der Waals surface area contributed by atoms with Crippen molar-refractivity contribution in [2.24, 2.45) is 5.92 Å². The predicted octanol–water partition coefficient (Wildman–Crippen LogP) is 1.28. The van der Waals surface area contributed by atoms with Crippen molar-refractivity contribution in [3.05, 3.63) is 35.9 Å². The summed E-state index contributed by atoms with van der Waals surface area (Å²) in [5.41, 5.74) is 0.447. The number of carboxylic acid groups (broad SMARTS) is 2. The van der Waals surface area contributed by atoms with Crippen molar-refractivity contribution in [2.45, 2.75) is 18.6 Å². The molecule has 1 saturated heterocycles. The van der Waals surface area contributed by atoms with E-state index >= 15 is 0 Å². The lowest BCUT2D eigenvalue weighted by atomic mass is 9.96. The maximum absolute atomic E-state index is 12.2. The van der Waals surface area contributed by atoms with Gasteiger partial charge in [-0.3, -0.25) is 19.2 Å². The van der Waals surface area contributed by atoms with Crippen molar-refractivity contribution in [3.63, 3.8) is 0 Å². The Morgan fingerprint density at radius 1 is 1.21 bits per heavy atom. The number of rotatable bonds is 8. The average Bonchev–Trinajstić information content (AvgIpc) is 3.33. The maximum atomic E-state index is 12.2. The number of hydrogen-bond donors (Lipinski definition) is 3. The summed E-state index contributed by atoms with van der Waals surface area (Å²) in [5.74, 6) is -2.69. The summed E-state index contributed by atoms with van der Waals surface area (Å²) in [7, 11) is 0. The van der Waals surface area contributed by atoms with Crippen LogP contribution in [0.5, 0.6) is 0 Å². The number of carboxylic acids is 2. The Hall–Kier alpha value is -2.35. The van der Waals surface area contributed by atoms with Gasteiger partial charge in [0, 0.05) is 17.2 Å². The van der Waals surface area contributed by atoms with Crippen LogP contribution in [0.2, 0.25) is 0 Å². The molecule has 0 spiro atoms. The van der Waals surface area contributed by atoms with Crippen molar-refractivity contribution in [1.82, 2.24) is 5.32 Å². The molecule has 0 bridgehead atoms. The molecule has 2 rings (SSSR count). The van der Waals surface area contributed by atoms with Gasteiger partial charge in [0.05, 0.1) is 18.2 Å². The molecule has 2 atom stereocenters. The average molecular weight is 353 g/mol. The van der Waals surface area contributed by atoms with Crippen LogP contribution in [-0.2, 0) is 14.4 Å². The summed E-state index contributed by atoms with van der Waals surface area (Å²) in [6.07, 6.45) is -0.299. The van der Waals surface area contributed by atoms with E-state index in [-0.39, 0.29) is 23.9 Å². The fraction of sp³-hybridized carbons (Fsp3) is 0.375. The smallest absolute Gasteiger partial charge is 0.316 e. The molecule has 130 valence electrons. The molecule has 24 heavy (non-hydrogen) atoms. The third-order valence-corrected chi connectivity index (χ3v) is 4.36. The molecule has 1 fully saturated rings. The van der Waals surface area contributed by atoms with Crippen LogP contribution in [0.1, 0.15) is 23.7 Å². The first-order chi connectivity index (χ1) is 11.3. The van der Waals surface area contributed by atoms with Gasteiger partial charge >= 0.3 is 11.9 Å². The van der Waals surface area contributed by atoms with Crippen molar-refractivity contribution >= 4 is 35.4 Å². The molecular formula is C16H19NO6S. The van der Waals surface area contributed by atoms with Gasteiger partial charge in [-0.15, -0.1) is 11.8 Å². The first-order valence-corrected chi connectivity index (χ1v) is 8.28. The monoisotopic (exact) mass is 353 g/mol. The van der Waals surface area contributed by atoms with Gasteiger partial charge in [-0.1, -0.05) is 30.3 Å². The van der Waals surface area contributed by atoms with Gasteiger partial charge in [0.1, 0.15) is 0 Å². The molecule has 1 heterocycles. The van der Waals surface area contributed by atoms with E-state index < -0.39 is 23.1 Å². The van der Waals surface area contributed by atoms with E-state index in [0.29, 0.717) is 12.1 Å². The third-order valence-electron chi connectivity index (χ3n) is 3.07. The summed E-state index contributed by atoms with van der Waals surface area (Å²) in [6.45, 7) is 2.11. The zero-order valence-electron chi connectivity index (χ0n) is 13.1. The van der Waals surface area contributed by atoms with Crippen LogP contribution in [0.25, 0.3) is 0 Å². The second-order valence-electron chi connectivity index (χ2n) is 5.12. The lowest BCUT2D eigenvalue weighted by Crippen LogP contribution is -2.23. The number of aliphatic carboxylic acids is 2. The molecule has 2 unspecified atom stereocenters. The highest BCUT2D eigenvalue weighted by Gasteiger charge is 2.25. The number of carbonyl (C=O) groups is 4. The number of hydrogen-bond acceptors (Lipinski definition) is 5. The molecule has 0 saturated carbocycles. The van der Waals surface area contributed by atoms with E-state index in [0.717, 1.165) is 11.8 Å². The van der Waals surface area contributed by atoms with E-state index in [9.17, 15) is 19.2 Å². The normalized spacial score (nSPS) is 14.5. The van der Waals surface area contributed by atoms with Gasteiger partial charge in [-0.05, 0) is 6.92 Å². The number of ketones is 1. The number of thioether (sulfide) groups is 1. The van der Waals surface area contributed by atoms with Crippen LogP contribution in [0.3, 0.4) is 0 Å². The van der Waals surface area contributed by atoms with Crippen molar-refractivity contribution in [3.8, 4) is 0 Å². The maximum Gasteiger partial charge on any atom is 0.316 e. The number of benzene rings is 1. The quantitative estimate of drug-likeness (QED) is 0.474. The highest BCUT2D eigenvalue weighted by molar-refractivity contribution is 8.00. The van der Waals surface area contributed by atoms with Gasteiger partial charge in [0.25, 0.3) is 0 Å². The highest BCUT2D eigenvalue weighted by atomic mass is 32.2. The van der Waals surface area contributed by atoms with E-state index in [1.54, 1.807) is 30.3 Å². The summed E-state index contributed by atoms with van der Waals surface area (Å²) in [5, 5.41) is 19.5. The second-order valence-corrected chi connectivity index (χ2v) is 6.49. The standard InChI is InChI=1S/C14H16O5S.C2H3NO/c1-9(14(18)19)20-8-11(7-12(15)16)13(17)10-5-3-2-4-6-10;4-2-1-3-2/h2-6,9,11H,7-8H2,1H3,(H,15,16)(H,18,19);1H2,(H,3,4). The van der Waals surface area contributed by atoms with Gasteiger partial charge in [-0.2, -0.15) is 0 Å². The van der Waals surface area contributed by atoms with Crippen LogP contribution >= 0.6 is 11.8 Å². The Kier molecular flexibility index (Phi) is 7.97. The zero-order valence-corrected chi connectivity index (χ0v) is 13.9. The first kappa shape index (κ1) is 19.7. The molecule has 7 nitrogen and oxygen atoms in total. The van der Waals surface area contributed by atoms with E-state index in [1.807, 2.05) is 0 Å². The fourth-order valence-electron chi connectivity index (χ4n) is 1.64. The molecule has 3 N–H and O–H groups in total. The number of Topliss-reactive ketones (excluding diaryl/α,β-unsaturated/α-hetero) is 1. The highest BCUT2D eigenvalue weighted by Crippen LogP contribution is 2.21. The second kappa shape index (κ2) is 9.71. The molecule has 1 aromatic carbocycles. The van der Waals surface area contributed by atoms with E-state index in [2.05, 4.69) is 5.32 Å². The van der Waals surface area contributed by atoms with Crippen molar-refractivity contribution in [2.75, 3.05) is 12.3 Å². The molecule has 1 amide bonds. The Morgan fingerprint density at radius 2 is 1.75 bits per heavy atom. The minimum Gasteiger partial charge on any atom is -0.481 e. The van der Waals surface area contributed by atoms with Gasteiger partial charge < -0.3 is 15.5 Å². The summed E-state index contributed by atoms with van der Waals surface area (Å²) < 4.78 is 0. The topological polar surface area (TPSA) is 131 Å². The fourth-order valence-corrected chi connectivity index (χ4v) is 2.58. The number of amides is 1. The molecule has 0 aliphatic carbocycles.